The van der Waals surface area contributed by atoms with E-state index in [0.29, 0.717) is 18.7 Å². The third-order valence-corrected chi connectivity index (χ3v) is 4.39. The topological polar surface area (TPSA) is 33.0 Å². The lowest BCUT2D eigenvalue weighted by atomic mass is 10.00. The smallest absolute Gasteiger partial charge is 0.144 e. The highest BCUT2D eigenvalue weighted by atomic mass is 19.2. The van der Waals surface area contributed by atoms with Crippen LogP contribution >= 0.6 is 0 Å². The van der Waals surface area contributed by atoms with Gasteiger partial charge < -0.3 is 4.74 Å². The zero-order valence-electron chi connectivity index (χ0n) is 16.5. The van der Waals surface area contributed by atoms with Crippen LogP contribution < -0.4 is 0 Å². The quantitative estimate of drug-likeness (QED) is 0.365. The first-order chi connectivity index (χ1) is 15.2. The van der Waals surface area contributed by atoms with Gasteiger partial charge in [-0.05, 0) is 54.4 Å². The Balaban J connectivity index is 1.98. The average molecular weight is 445 g/mol. The Morgan fingerprint density at radius 3 is 1.75 bits per heavy atom. The maximum absolute atomic E-state index is 14.5. The highest BCUT2D eigenvalue weighted by Crippen LogP contribution is 2.30. The molecule has 0 heterocycles. The van der Waals surface area contributed by atoms with Crippen molar-refractivity contribution in [1.29, 1.82) is 5.26 Å². The molecule has 0 radical (unpaired) electrons. The van der Waals surface area contributed by atoms with E-state index in [1.54, 1.807) is 6.92 Å². The van der Waals surface area contributed by atoms with Gasteiger partial charge in [0.15, 0.2) is 0 Å². The molecule has 0 aliphatic heterocycles. The summed E-state index contributed by atoms with van der Waals surface area (Å²) >= 11 is 0. The minimum Gasteiger partial charge on any atom is -0.377 e. The lowest BCUT2D eigenvalue weighted by Crippen LogP contribution is -1.98. The fourth-order valence-corrected chi connectivity index (χ4v) is 2.93. The lowest BCUT2D eigenvalue weighted by molar-refractivity contribution is 0.133. The summed E-state index contributed by atoms with van der Waals surface area (Å²) in [5.74, 6) is -2.41. The van der Waals surface area contributed by atoms with Gasteiger partial charge in [-0.25, -0.2) is 26.3 Å². The van der Waals surface area contributed by atoms with Crippen molar-refractivity contribution in [2.24, 2.45) is 0 Å². The second-order valence-electron chi connectivity index (χ2n) is 6.56. The van der Waals surface area contributed by atoms with Gasteiger partial charge in [0, 0.05) is 12.2 Å². The van der Waals surface area contributed by atoms with Gasteiger partial charge in [-0.15, -0.1) is 0 Å². The normalized spacial score (nSPS) is 10.4. The van der Waals surface area contributed by atoms with E-state index in [1.165, 1.54) is 6.07 Å². The van der Waals surface area contributed by atoms with E-state index in [9.17, 15) is 26.3 Å². The fourth-order valence-electron chi connectivity index (χ4n) is 2.93. The molecule has 0 saturated carbocycles. The van der Waals surface area contributed by atoms with Crippen molar-refractivity contribution >= 4 is 0 Å². The first-order valence-electron chi connectivity index (χ1n) is 9.21. The molecule has 0 N–H and O–H groups in total. The van der Waals surface area contributed by atoms with Gasteiger partial charge in [-0.3, -0.25) is 0 Å². The Morgan fingerprint density at radius 2 is 1.25 bits per heavy atom. The summed E-state index contributed by atoms with van der Waals surface area (Å²) in [5, 5.41) is 8.70. The summed E-state index contributed by atoms with van der Waals surface area (Å²) in [6.45, 7) is 2.09. The molecular weight excluding hydrogens is 432 g/mol. The Bertz CT molecular complexity index is 1230. The lowest BCUT2D eigenvalue weighted by Gasteiger charge is -2.08. The van der Waals surface area contributed by atoms with E-state index in [-0.39, 0.29) is 17.7 Å². The molecule has 3 rings (SSSR count). The summed E-state index contributed by atoms with van der Waals surface area (Å²) in [6, 6.07) is 6.18. The van der Waals surface area contributed by atoms with E-state index in [2.05, 4.69) is 11.8 Å². The molecule has 0 fully saturated rings. The molecule has 2 nitrogen and oxygen atoms in total. The van der Waals surface area contributed by atoms with Gasteiger partial charge in [0.2, 0.25) is 0 Å². The molecule has 162 valence electrons. The molecule has 0 saturated heterocycles. The van der Waals surface area contributed by atoms with Gasteiger partial charge in [-0.1, -0.05) is 11.8 Å². The van der Waals surface area contributed by atoms with Crippen LogP contribution in [0, 0.1) is 58.1 Å². The molecule has 0 atom stereocenters. The number of hydrogen-bond donors (Lipinski definition) is 0. The van der Waals surface area contributed by atoms with Crippen molar-refractivity contribution in [3.05, 3.63) is 93.6 Å². The van der Waals surface area contributed by atoms with Crippen LogP contribution in [0.4, 0.5) is 26.3 Å². The largest absolute Gasteiger partial charge is 0.377 e. The highest BCUT2D eigenvalue weighted by molar-refractivity contribution is 5.67. The van der Waals surface area contributed by atoms with Crippen LogP contribution in [0.3, 0.4) is 0 Å². The Labute approximate surface area is 179 Å². The second kappa shape index (κ2) is 9.59. The van der Waals surface area contributed by atoms with E-state index < -0.39 is 57.2 Å². The van der Waals surface area contributed by atoms with E-state index in [1.807, 2.05) is 0 Å². The summed E-state index contributed by atoms with van der Waals surface area (Å²) in [7, 11) is 0. The minimum atomic E-state index is -1.27. The molecule has 0 spiro atoms. The summed E-state index contributed by atoms with van der Waals surface area (Å²) < 4.78 is 90.1. The van der Waals surface area contributed by atoms with Crippen LogP contribution in [0.5, 0.6) is 0 Å². The third-order valence-electron chi connectivity index (χ3n) is 4.39. The van der Waals surface area contributed by atoms with Crippen molar-refractivity contribution in [2.75, 3.05) is 6.61 Å². The van der Waals surface area contributed by atoms with Crippen molar-refractivity contribution in [3.8, 4) is 29.0 Å². The second-order valence-corrected chi connectivity index (χ2v) is 6.56. The number of nitrogens with zero attached hydrogens (tertiary/aromatic N) is 1. The SMILES string of the molecule is CCOCc1cc(F)c(C#Cc2cc(F)c(-c3cc(F)c(C#N)c(F)c3)c(F)c2)c(F)c1. The molecule has 0 bridgehead atoms. The molecule has 0 aromatic heterocycles. The monoisotopic (exact) mass is 445 g/mol. The standard InChI is InChI=1S/C24H13F6NO/c1-2-32-12-14-7-18(25)16(19(26)8-14)4-3-13-5-22(29)24(23(30)6-13)15-9-20(27)17(11-31)21(28)10-15/h5-10H,2,12H2,1H3. The van der Waals surface area contributed by atoms with Gasteiger partial charge >= 0.3 is 0 Å². The van der Waals surface area contributed by atoms with Crippen molar-refractivity contribution in [2.45, 2.75) is 13.5 Å². The van der Waals surface area contributed by atoms with E-state index in [0.717, 1.165) is 24.3 Å². The van der Waals surface area contributed by atoms with Gasteiger partial charge in [0.05, 0.1) is 17.7 Å². The summed E-state index contributed by atoms with van der Waals surface area (Å²) in [4.78, 5) is 0. The van der Waals surface area contributed by atoms with Crippen molar-refractivity contribution in [3.63, 3.8) is 0 Å². The van der Waals surface area contributed by atoms with Crippen LogP contribution in [-0.2, 0) is 11.3 Å². The summed E-state index contributed by atoms with van der Waals surface area (Å²) in [5.41, 5.74) is -2.67. The molecule has 32 heavy (non-hydrogen) atoms. The number of rotatable bonds is 4. The van der Waals surface area contributed by atoms with Gasteiger partial charge in [-0.2, -0.15) is 5.26 Å². The van der Waals surface area contributed by atoms with Crippen LogP contribution in [0.15, 0.2) is 36.4 Å². The van der Waals surface area contributed by atoms with Crippen LogP contribution in [-0.4, -0.2) is 6.61 Å². The Morgan fingerprint density at radius 1 is 0.719 bits per heavy atom. The van der Waals surface area contributed by atoms with Crippen LogP contribution in [0.1, 0.15) is 29.2 Å². The van der Waals surface area contributed by atoms with E-state index in [4.69, 9.17) is 10.00 Å². The van der Waals surface area contributed by atoms with Gasteiger partial charge in [0.25, 0.3) is 0 Å². The molecule has 0 amide bonds. The number of hydrogen-bond acceptors (Lipinski definition) is 2. The molecule has 0 unspecified atom stereocenters. The fraction of sp³-hybridized carbons (Fsp3) is 0.125. The zero-order chi connectivity index (χ0) is 23.4. The molecule has 0 aliphatic rings. The Hall–Kier alpha value is -3.75. The first-order valence-corrected chi connectivity index (χ1v) is 9.21. The number of benzene rings is 3. The minimum absolute atomic E-state index is 0.00642. The van der Waals surface area contributed by atoms with Crippen molar-refractivity contribution < 1.29 is 31.1 Å². The molecular formula is C24H13F6NO. The summed E-state index contributed by atoms with van der Waals surface area (Å²) in [6.07, 6.45) is 0. The number of ether oxygens (including phenoxy) is 1. The maximum atomic E-state index is 14.5. The van der Waals surface area contributed by atoms with Crippen LogP contribution in [0.25, 0.3) is 11.1 Å². The number of nitriles is 1. The predicted molar refractivity (Wildman–Crippen MR) is 104 cm³/mol. The van der Waals surface area contributed by atoms with Crippen molar-refractivity contribution in [1.82, 2.24) is 0 Å². The molecule has 8 heteroatoms. The van der Waals surface area contributed by atoms with E-state index >= 15 is 0 Å². The third kappa shape index (κ3) is 4.77. The molecule has 3 aromatic rings. The van der Waals surface area contributed by atoms with Gasteiger partial charge in [0.1, 0.15) is 46.5 Å². The molecule has 0 aliphatic carbocycles. The van der Waals surface area contributed by atoms with Crippen LogP contribution in [0.2, 0.25) is 0 Å². The first kappa shape index (κ1) is 22.9. The average Bonchev–Trinajstić information content (AvgIpc) is 2.71. The maximum Gasteiger partial charge on any atom is 0.144 e. The number of halogens is 6. The molecule has 3 aromatic carbocycles. The zero-order valence-corrected chi connectivity index (χ0v) is 16.5. The Kier molecular flexibility index (Phi) is 6.87. The predicted octanol–water partition coefficient (Wildman–Crippen LogP) is 6.00. The highest BCUT2D eigenvalue weighted by Gasteiger charge is 2.18.